The molecule has 5 rings (SSSR count). The van der Waals surface area contributed by atoms with Gasteiger partial charge in [0.25, 0.3) is 5.56 Å². The average Bonchev–Trinajstić information content (AvgIpc) is 3.01. The number of cyclic esters (lactones) is 1. The number of ether oxygens (including phenoxy) is 1. The molecule has 7 nitrogen and oxygen atoms in total. The zero-order valence-corrected chi connectivity index (χ0v) is 15.4. The molecular formula is C21H18N2O5. The molecular weight excluding hydrogens is 360 g/mol. The molecule has 1 atom stereocenters. The lowest BCUT2D eigenvalue weighted by Gasteiger charge is -2.35. The van der Waals surface area contributed by atoms with Crippen LogP contribution in [0.4, 0.5) is 0 Å². The Morgan fingerprint density at radius 3 is 2.75 bits per heavy atom. The molecule has 28 heavy (non-hydrogen) atoms. The second-order valence-corrected chi connectivity index (χ2v) is 7.68. The third kappa shape index (κ3) is 2.05. The number of carbonyl (C=O) groups is 1. The van der Waals surface area contributed by atoms with Crippen LogP contribution in [0.25, 0.3) is 22.3 Å². The number of nitrogens with zero attached hydrogens (tertiary/aromatic N) is 2. The van der Waals surface area contributed by atoms with Crippen molar-refractivity contribution in [3.05, 3.63) is 57.4 Å². The van der Waals surface area contributed by atoms with Crippen molar-refractivity contribution in [1.29, 1.82) is 0 Å². The smallest absolute Gasteiger partial charge is 0.343 e. The van der Waals surface area contributed by atoms with Crippen LogP contribution in [0, 0.1) is 5.92 Å². The number of aromatic hydroxyl groups is 1. The van der Waals surface area contributed by atoms with Gasteiger partial charge >= 0.3 is 5.97 Å². The standard InChI is InChI=1S/C21H18N2O5/c1-10(2)21(27)15-7-17-18-12(5-11-6-13(24)3-4-16(11)22-18)8-23(17)19(25)14(15)9-28-20(21)26/h3-7,10,24,27H,8-9H2,1-2H3. The molecule has 0 saturated carbocycles. The molecule has 7 heteroatoms. The second kappa shape index (κ2) is 5.42. The first kappa shape index (κ1) is 16.9. The number of hydrogen-bond donors (Lipinski definition) is 2. The second-order valence-electron chi connectivity index (χ2n) is 7.68. The fraction of sp³-hybridized carbons (Fsp3) is 0.286. The molecule has 0 amide bonds. The number of fused-ring (bicyclic) bond motifs is 5. The van der Waals surface area contributed by atoms with Crippen LogP contribution in [0.2, 0.25) is 0 Å². The predicted octanol–water partition coefficient (Wildman–Crippen LogP) is 2.03. The van der Waals surface area contributed by atoms with Crippen molar-refractivity contribution >= 4 is 16.9 Å². The summed E-state index contributed by atoms with van der Waals surface area (Å²) < 4.78 is 6.72. The summed E-state index contributed by atoms with van der Waals surface area (Å²) in [5.74, 6) is -1.05. The number of pyridine rings is 2. The highest BCUT2D eigenvalue weighted by molar-refractivity contribution is 5.87. The zero-order chi connectivity index (χ0) is 19.8. The lowest BCUT2D eigenvalue weighted by atomic mass is 9.80. The van der Waals surface area contributed by atoms with Crippen molar-refractivity contribution in [1.82, 2.24) is 9.55 Å². The van der Waals surface area contributed by atoms with Crippen LogP contribution in [-0.4, -0.2) is 25.7 Å². The summed E-state index contributed by atoms with van der Waals surface area (Å²) >= 11 is 0. The van der Waals surface area contributed by atoms with Crippen molar-refractivity contribution in [2.75, 3.05) is 0 Å². The van der Waals surface area contributed by atoms with Crippen LogP contribution in [-0.2, 0) is 28.3 Å². The minimum atomic E-state index is -1.87. The molecule has 142 valence electrons. The van der Waals surface area contributed by atoms with Crippen molar-refractivity contribution in [3.8, 4) is 17.1 Å². The molecule has 0 fully saturated rings. The van der Waals surface area contributed by atoms with E-state index in [0.717, 1.165) is 10.9 Å². The van der Waals surface area contributed by atoms with Gasteiger partial charge < -0.3 is 19.5 Å². The lowest BCUT2D eigenvalue weighted by Crippen LogP contribution is -2.48. The number of aromatic nitrogens is 2. The van der Waals surface area contributed by atoms with Gasteiger partial charge in [-0.15, -0.1) is 0 Å². The minimum Gasteiger partial charge on any atom is -0.508 e. The molecule has 2 N–H and O–H groups in total. The normalized spacial score (nSPS) is 20.1. The summed E-state index contributed by atoms with van der Waals surface area (Å²) in [5, 5.41) is 21.6. The van der Waals surface area contributed by atoms with E-state index in [0.29, 0.717) is 34.6 Å². The molecule has 0 bridgehead atoms. The van der Waals surface area contributed by atoms with Crippen LogP contribution in [0.15, 0.2) is 35.1 Å². The summed E-state index contributed by atoms with van der Waals surface area (Å²) in [5.41, 5.74) is 1.19. The molecule has 3 aromatic rings. The van der Waals surface area contributed by atoms with Crippen LogP contribution in [0.5, 0.6) is 5.75 Å². The van der Waals surface area contributed by atoms with Gasteiger partial charge in [-0.05, 0) is 36.2 Å². The van der Waals surface area contributed by atoms with Gasteiger partial charge in [-0.2, -0.15) is 0 Å². The van der Waals surface area contributed by atoms with E-state index in [1.54, 1.807) is 42.7 Å². The van der Waals surface area contributed by atoms with Crippen LogP contribution < -0.4 is 5.56 Å². The van der Waals surface area contributed by atoms with Crippen LogP contribution >= 0.6 is 0 Å². The number of benzene rings is 1. The molecule has 2 aromatic heterocycles. The third-order valence-electron chi connectivity index (χ3n) is 5.75. The Morgan fingerprint density at radius 2 is 2.00 bits per heavy atom. The minimum absolute atomic E-state index is 0.148. The van der Waals surface area contributed by atoms with Gasteiger partial charge in [-0.3, -0.25) is 4.79 Å². The Balaban J connectivity index is 1.80. The molecule has 4 heterocycles. The topological polar surface area (TPSA) is 102 Å². The van der Waals surface area contributed by atoms with Gasteiger partial charge in [0.15, 0.2) is 5.60 Å². The summed E-state index contributed by atoms with van der Waals surface area (Å²) in [7, 11) is 0. The van der Waals surface area contributed by atoms with E-state index in [2.05, 4.69) is 4.98 Å². The molecule has 1 aromatic carbocycles. The number of esters is 1. The Hall–Kier alpha value is -3.19. The Labute approximate surface area is 159 Å². The number of phenols is 1. The number of rotatable bonds is 1. The van der Waals surface area contributed by atoms with E-state index in [4.69, 9.17) is 4.74 Å². The van der Waals surface area contributed by atoms with Crippen molar-refractivity contribution in [3.63, 3.8) is 0 Å². The highest BCUT2D eigenvalue weighted by Crippen LogP contribution is 2.40. The number of carbonyl (C=O) groups excluding carboxylic acids is 1. The van der Waals surface area contributed by atoms with Gasteiger partial charge in [0.2, 0.25) is 0 Å². The van der Waals surface area contributed by atoms with E-state index in [1.807, 2.05) is 6.07 Å². The number of hydrogen-bond acceptors (Lipinski definition) is 6. The van der Waals surface area contributed by atoms with Gasteiger partial charge in [-0.25, -0.2) is 9.78 Å². The first-order valence-electron chi connectivity index (χ1n) is 9.10. The van der Waals surface area contributed by atoms with Crippen molar-refractivity contribution in [2.24, 2.45) is 5.92 Å². The Bertz CT molecular complexity index is 1240. The predicted molar refractivity (Wildman–Crippen MR) is 101 cm³/mol. The number of aliphatic hydroxyl groups is 1. The monoisotopic (exact) mass is 378 g/mol. The van der Waals surface area contributed by atoms with E-state index in [9.17, 15) is 19.8 Å². The van der Waals surface area contributed by atoms with Gasteiger partial charge in [0.05, 0.1) is 29.0 Å². The maximum absolute atomic E-state index is 13.1. The summed E-state index contributed by atoms with van der Waals surface area (Å²) in [6.45, 7) is 3.62. The van der Waals surface area contributed by atoms with E-state index < -0.39 is 17.5 Å². The molecule has 0 radical (unpaired) electrons. The molecule has 2 aliphatic heterocycles. The van der Waals surface area contributed by atoms with Crippen molar-refractivity contribution < 1.29 is 19.7 Å². The van der Waals surface area contributed by atoms with Crippen LogP contribution in [0.3, 0.4) is 0 Å². The molecule has 0 spiro atoms. The van der Waals surface area contributed by atoms with Gasteiger partial charge in [0, 0.05) is 16.5 Å². The summed E-state index contributed by atoms with van der Waals surface area (Å²) in [6.07, 6.45) is 0. The largest absolute Gasteiger partial charge is 0.508 e. The molecule has 0 aliphatic carbocycles. The highest BCUT2D eigenvalue weighted by Gasteiger charge is 2.49. The Morgan fingerprint density at radius 1 is 1.21 bits per heavy atom. The average molecular weight is 378 g/mol. The molecule has 2 aliphatic rings. The fourth-order valence-corrected chi connectivity index (χ4v) is 4.15. The zero-order valence-electron chi connectivity index (χ0n) is 15.4. The van der Waals surface area contributed by atoms with E-state index in [-0.39, 0.29) is 17.9 Å². The van der Waals surface area contributed by atoms with Gasteiger partial charge in [-0.1, -0.05) is 13.8 Å². The number of phenolic OH excluding ortho intramolecular Hbond substituents is 1. The quantitative estimate of drug-likeness (QED) is 0.492. The SMILES string of the molecule is CC(C)C1(O)C(=O)OCc2c1cc1n(c2=O)Cc2cc3cc(O)ccc3nc2-1. The van der Waals surface area contributed by atoms with E-state index >= 15 is 0 Å². The highest BCUT2D eigenvalue weighted by atomic mass is 16.6. The lowest BCUT2D eigenvalue weighted by molar-refractivity contribution is -0.177. The third-order valence-corrected chi connectivity index (χ3v) is 5.75. The van der Waals surface area contributed by atoms with Gasteiger partial charge in [0.1, 0.15) is 12.4 Å². The first-order chi connectivity index (χ1) is 13.3. The Kier molecular flexibility index (Phi) is 3.28. The van der Waals surface area contributed by atoms with Crippen molar-refractivity contribution in [2.45, 2.75) is 32.6 Å². The molecule has 0 saturated heterocycles. The molecule has 1 unspecified atom stereocenters. The first-order valence-corrected chi connectivity index (χ1v) is 9.10. The summed E-state index contributed by atoms with van der Waals surface area (Å²) in [6, 6.07) is 8.50. The maximum Gasteiger partial charge on any atom is 0.343 e. The van der Waals surface area contributed by atoms with Crippen LogP contribution in [0.1, 0.15) is 30.5 Å². The summed E-state index contributed by atoms with van der Waals surface area (Å²) in [4.78, 5) is 30.2. The maximum atomic E-state index is 13.1. The van der Waals surface area contributed by atoms with E-state index in [1.165, 1.54) is 0 Å². The fourth-order valence-electron chi connectivity index (χ4n) is 4.15.